The molecule has 0 radical (unpaired) electrons. The Kier molecular flexibility index (Phi) is 24.8. The number of hydrogen-bond donors (Lipinski definition) is 1. The molecule has 0 aliphatic rings. The average Bonchev–Trinajstić information content (AvgIpc) is 3.99. The van der Waals surface area contributed by atoms with Gasteiger partial charge in [0.25, 0.3) is 0 Å². The van der Waals surface area contributed by atoms with Gasteiger partial charge in [0, 0.05) is 11.1 Å². The van der Waals surface area contributed by atoms with Gasteiger partial charge in [-0.1, -0.05) is 48.9 Å². The minimum atomic E-state index is -5.08. The van der Waals surface area contributed by atoms with Gasteiger partial charge < -0.3 is 19.0 Å². The molecule has 1 N–H and O–H groups in total. The van der Waals surface area contributed by atoms with Gasteiger partial charge in [-0.2, -0.15) is 44.6 Å². The summed E-state index contributed by atoms with van der Waals surface area (Å²) in [5.41, 5.74) is 2.97. The Morgan fingerprint density at radius 3 is 1.86 bits per heavy atom. The smallest absolute Gasteiger partial charge is 0.744 e. The molecule has 78 heavy (non-hydrogen) atoms. The van der Waals surface area contributed by atoms with Crippen molar-refractivity contribution in [1.29, 1.82) is 5.26 Å². The summed E-state index contributed by atoms with van der Waals surface area (Å²) in [6, 6.07) is 18.8. The van der Waals surface area contributed by atoms with Crippen LogP contribution in [0.2, 0.25) is 0 Å². The van der Waals surface area contributed by atoms with Gasteiger partial charge in [-0.3, -0.25) is 4.90 Å². The van der Waals surface area contributed by atoms with E-state index in [-0.39, 0.29) is 240 Å². The molecule has 0 aliphatic carbocycles. The van der Waals surface area contributed by atoms with Crippen LogP contribution in [0.4, 0.5) is 39.6 Å². The van der Waals surface area contributed by atoms with E-state index >= 15 is 0 Å². The molecular formula is C46H40K2N10Na2O12S6. The molecule has 8 rings (SSSR count). The number of nitrogens with zero attached hydrogens (tertiary/aromatic N) is 9. The van der Waals surface area contributed by atoms with Crippen molar-refractivity contribution in [3.05, 3.63) is 111 Å². The summed E-state index contributed by atoms with van der Waals surface area (Å²) in [6.07, 6.45) is 0. The van der Waals surface area contributed by atoms with E-state index in [1.54, 1.807) is 45.0 Å². The molecular weight excluding hydrogens is 1200 g/mol. The number of pyridine rings is 1. The number of benzene rings is 4. The molecule has 0 saturated carbocycles. The summed E-state index contributed by atoms with van der Waals surface area (Å²) >= 11 is 2.23. The molecule has 0 unspecified atom stereocenters. The molecule has 8 aromatic rings. The third kappa shape index (κ3) is 15.4. The van der Waals surface area contributed by atoms with Gasteiger partial charge in [0.15, 0.2) is 21.9 Å². The molecule has 4 aromatic carbocycles. The van der Waals surface area contributed by atoms with Gasteiger partial charge in [0.05, 0.1) is 36.3 Å². The van der Waals surface area contributed by atoms with E-state index in [0.717, 1.165) is 28.2 Å². The maximum atomic E-state index is 12.9. The Balaban J connectivity index is 0.00000193. The van der Waals surface area contributed by atoms with Crippen LogP contribution in [0.1, 0.15) is 71.0 Å². The van der Waals surface area contributed by atoms with Gasteiger partial charge >= 0.3 is 172 Å². The van der Waals surface area contributed by atoms with E-state index in [1.807, 2.05) is 20.8 Å². The predicted molar refractivity (Wildman–Crippen MR) is 272 cm³/mol. The summed E-state index contributed by atoms with van der Waals surface area (Å²) in [6.45, 7) is 16.6. The Hall–Kier alpha value is -1.67. The molecule has 0 fully saturated rings. The summed E-state index contributed by atoms with van der Waals surface area (Å²) in [5.74, 6) is -0.0219. The molecule has 22 nitrogen and oxygen atoms in total. The standard InChI is InChI=1S/C46H43N10O9S5.2K.2Na.O3S/c1-22-17-25(4)39(69(60,61)62)27(6)36(22)51-42-37(52-53-43-30(21-47)41(46(8,9)10)54-56(43)45-49-31-13-11-12-14-33(31)66-45)23(2)19-35(50-42)55(38-24(3)18-26(5)40(28(38)7)70(63,64)65)44-48-32-16-15-29(68(57,58)59)20-34(32)67-44;;;;;1-4(2)3/h11,13-20H,1-10H3,(H,50,51)(H,57,58,59)(H,60,61,62)(H,63,64,65);;;;;/q-1;4*+1;/p-3. The first-order valence-corrected chi connectivity index (χ1v) is 28.2. The van der Waals surface area contributed by atoms with Crippen LogP contribution in [0.5, 0.6) is 0 Å². The maximum absolute atomic E-state index is 12.9. The number of aromatic nitrogens is 5. The van der Waals surface area contributed by atoms with Crippen LogP contribution in [0.15, 0.2) is 79.5 Å². The van der Waals surface area contributed by atoms with E-state index in [0.29, 0.717) is 33.0 Å². The number of rotatable bonds is 11. The number of aryl methyl sites for hydroxylation is 5. The van der Waals surface area contributed by atoms with Crippen molar-refractivity contribution >= 4 is 124 Å². The molecule has 4 aromatic heterocycles. The SMILES string of the molecule is Cc1cc(N(c2nc3ccc(S(=O)(=O)[O-])cc3s2)c2c(C)cc(C)c(S(=O)(=O)[O-])c2C)nc(Nc2c(C)cc(C)c(S(=O)(=O)[O-])c2C)c1N=Nc1c(C#N)c(C(C)(C)C)nn1-c1nc2cc[c-]cc2s1.O=S(=O)=O.[K+].[K+].[Na+].[Na+]. The molecule has 32 heteroatoms. The number of fused-ring (bicyclic) bond motifs is 2. The van der Waals surface area contributed by atoms with E-state index < -0.39 is 61.1 Å². The van der Waals surface area contributed by atoms with E-state index in [2.05, 4.69) is 22.6 Å². The topological polar surface area (TPSA) is 343 Å². The molecule has 4 heterocycles. The normalized spacial score (nSPS) is 11.6. The largest absolute Gasteiger partial charge is 1.00 e. The third-order valence-electron chi connectivity index (χ3n) is 11.3. The molecule has 0 aliphatic heterocycles. The van der Waals surface area contributed by atoms with Crippen molar-refractivity contribution in [2.24, 2.45) is 10.2 Å². The van der Waals surface area contributed by atoms with Gasteiger partial charge in [0.2, 0.25) is 0 Å². The Bertz CT molecular complexity index is 4180. The quantitative estimate of drug-likeness (QED) is 0.0582. The molecule has 0 atom stereocenters. The zero-order valence-electron chi connectivity index (χ0n) is 44.6. The number of nitrogens with one attached hydrogen (secondary N) is 1. The number of hydrogen-bond acceptors (Lipinski definition) is 23. The second-order valence-corrected chi connectivity index (χ2v) is 24.2. The fourth-order valence-electron chi connectivity index (χ4n) is 8.43. The second-order valence-electron chi connectivity index (χ2n) is 17.7. The van der Waals surface area contributed by atoms with Crippen LogP contribution in [0.3, 0.4) is 0 Å². The average molecular weight is 1240 g/mol. The van der Waals surface area contributed by atoms with Crippen LogP contribution in [-0.2, 0) is 46.4 Å². The first kappa shape index (κ1) is 70.6. The Morgan fingerprint density at radius 1 is 0.731 bits per heavy atom. The number of anilines is 5. The van der Waals surface area contributed by atoms with Gasteiger partial charge in [-0.15, -0.1) is 28.9 Å². The van der Waals surface area contributed by atoms with Crippen molar-refractivity contribution < 1.29 is 213 Å². The molecule has 0 saturated heterocycles. The second kappa shape index (κ2) is 27.4. The maximum Gasteiger partial charge on any atom is 1.00 e. The zero-order valence-corrected chi connectivity index (χ0v) is 59.7. The van der Waals surface area contributed by atoms with Crippen LogP contribution in [0, 0.1) is 65.9 Å². The minimum absolute atomic E-state index is 0. The number of thiazole rings is 2. The Labute approximate surface area is 589 Å². The molecule has 386 valence electrons. The van der Waals surface area contributed by atoms with E-state index in [4.69, 9.17) is 37.8 Å². The monoisotopic (exact) mass is 1240 g/mol. The fraction of sp³-hybridized carbons (Fsp3) is 0.239. The van der Waals surface area contributed by atoms with Gasteiger partial charge in [0.1, 0.15) is 53.5 Å². The predicted octanol–water partition coefficient (Wildman–Crippen LogP) is -3.03. The molecule has 0 bridgehead atoms. The Morgan fingerprint density at radius 2 is 1.31 bits per heavy atom. The first-order valence-electron chi connectivity index (χ1n) is 21.4. The van der Waals surface area contributed by atoms with Crippen molar-refractivity contribution in [1.82, 2.24) is 24.7 Å². The van der Waals surface area contributed by atoms with E-state index in [9.17, 15) is 44.2 Å². The van der Waals surface area contributed by atoms with Gasteiger partial charge in [-0.05, 0) is 117 Å². The minimum Gasteiger partial charge on any atom is -0.744 e. The van der Waals surface area contributed by atoms with Crippen LogP contribution < -0.4 is 172 Å². The van der Waals surface area contributed by atoms with Gasteiger partial charge in [-0.25, -0.2) is 40.2 Å². The van der Waals surface area contributed by atoms with Crippen LogP contribution in [0.25, 0.3) is 25.6 Å². The summed E-state index contributed by atoms with van der Waals surface area (Å²) in [5, 5.41) is 28.5. The fourth-order valence-corrected chi connectivity index (χ4v) is 12.8. The van der Waals surface area contributed by atoms with Crippen LogP contribution >= 0.6 is 22.7 Å². The van der Waals surface area contributed by atoms with Crippen molar-refractivity contribution in [2.75, 3.05) is 10.2 Å². The number of azo groups is 1. The summed E-state index contributed by atoms with van der Waals surface area (Å²) in [4.78, 5) is 14.6. The van der Waals surface area contributed by atoms with Crippen molar-refractivity contribution in [3.8, 4) is 11.2 Å². The molecule has 0 spiro atoms. The van der Waals surface area contributed by atoms with Crippen molar-refractivity contribution in [2.45, 2.75) is 89.3 Å². The van der Waals surface area contributed by atoms with Crippen LogP contribution in [-0.4, -0.2) is 76.3 Å². The number of nitriles is 1. The first-order chi connectivity index (χ1) is 34.3. The third-order valence-corrected chi connectivity index (χ3v) is 16.4. The zero-order chi connectivity index (χ0) is 54.7. The molecule has 0 amide bonds. The summed E-state index contributed by atoms with van der Waals surface area (Å²) < 4.78 is 141. The van der Waals surface area contributed by atoms with Crippen molar-refractivity contribution in [3.63, 3.8) is 0 Å². The summed E-state index contributed by atoms with van der Waals surface area (Å²) in [7, 11) is -18.1. The van der Waals surface area contributed by atoms with E-state index in [1.165, 1.54) is 66.8 Å².